The zero-order valence-corrected chi connectivity index (χ0v) is 12.3. The normalized spacial score (nSPS) is 24.7. The van der Waals surface area contributed by atoms with Crippen LogP contribution in [0.5, 0.6) is 0 Å². The molecule has 21 heavy (non-hydrogen) atoms. The number of likely N-dealkylation sites (tertiary alicyclic amines) is 1. The molecular weight excluding hydrogens is 272 g/mol. The van der Waals surface area contributed by atoms with E-state index in [1.165, 1.54) is 7.11 Å². The second kappa shape index (κ2) is 7.24. The molecule has 2 amide bonds. The first-order valence-electron chi connectivity index (χ1n) is 7.43. The van der Waals surface area contributed by atoms with Crippen molar-refractivity contribution >= 4 is 17.8 Å². The van der Waals surface area contributed by atoms with Crippen LogP contribution in [0.25, 0.3) is 0 Å². The van der Waals surface area contributed by atoms with Crippen LogP contribution in [0.2, 0.25) is 0 Å². The maximum absolute atomic E-state index is 12.5. The molecule has 0 spiro atoms. The summed E-state index contributed by atoms with van der Waals surface area (Å²) in [7, 11) is 1.27. The van der Waals surface area contributed by atoms with Gasteiger partial charge in [-0.25, -0.2) is 0 Å². The number of amides is 2. The maximum Gasteiger partial charge on any atom is 0.325 e. The van der Waals surface area contributed by atoms with E-state index in [9.17, 15) is 14.4 Å². The summed E-state index contributed by atoms with van der Waals surface area (Å²) in [5.74, 6) is -0.701. The topological polar surface area (TPSA) is 75.7 Å². The van der Waals surface area contributed by atoms with E-state index in [1.54, 1.807) is 4.90 Å². The fraction of sp³-hybridized carbons (Fsp3) is 0.667. The molecule has 6 nitrogen and oxygen atoms in total. The van der Waals surface area contributed by atoms with Crippen LogP contribution in [0, 0.1) is 5.92 Å². The summed E-state index contributed by atoms with van der Waals surface area (Å²) in [6, 6.07) is -0.451. The molecule has 1 N–H and O–H groups in total. The smallest absolute Gasteiger partial charge is 0.325 e. The monoisotopic (exact) mass is 294 g/mol. The number of carbonyl (C=O) groups is 3. The highest BCUT2D eigenvalue weighted by Gasteiger charge is 2.36. The Morgan fingerprint density at radius 1 is 1.29 bits per heavy atom. The predicted octanol–water partition coefficient (Wildman–Crippen LogP) is 0.623. The van der Waals surface area contributed by atoms with Crippen molar-refractivity contribution in [3.05, 3.63) is 12.2 Å². The van der Waals surface area contributed by atoms with E-state index in [1.807, 2.05) is 6.08 Å². The van der Waals surface area contributed by atoms with Gasteiger partial charge in [-0.3, -0.25) is 14.4 Å². The number of hydrogen-bond acceptors (Lipinski definition) is 4. The zero-order chi connectivity index (χ0) is 15.2. The fourth-order valence-corrected chi connectivity index (χ4v) is 2.90. The van der Waals surface area contributed by atoms with Gasteiger partial charge in [-0.2, -0.15) is 0 Å². The van der Waals surface area contributed by atoms with Gasteiger partial charge in [0.15, 0.2) is 0 Å². The van der Waals surface area contributed by atoms with Crippen molar-refractivity contribution in [2.24, 2.45) is 5.92 Å². The number of hydrogen-bond donors (Lipinski definition) is 1. The van der Waals surface area contributed by atoms with Crippen molar-refractivity contribution in [1.29, 1.82) is 0 Å². The van der Waals surface area contributed by atoms with E-state index in [0.717, 1.165) is 25.7 Å². The average Bonchev–Trinajstić information content (AvgIpc) is 3.01. The number of allylic oxidation sites excluding steroid dienone is 2. The summed E-state index contributed by atoms with van der Waals surface area (Å²) >= 11 is 0. The zero-order valence-electron chi connectivity index (χ0n) is 12.3. The maximum atomic E-state index is 12.5. The van der Waals surface area contributed by atoms with Gasteiger partial charge in [-0.1, -0.05) is 12.2 Å². The Labute approximate surface area is 124 Å². The molecule has 0 aromatic rings. The minimum Gasteiger partial charge on any atom is -0.468 e. The molecule has 2 rings (SSSR count). The summed E-state index contributed by atoms with van der Waals surface area (Å²) in [5.41, 5.74) is 0. The number of rotatable bonds is 4. The van der Waals surface area contributed by atoms with Gasteiger partial charge < -0.3 is 15.0 Å². The second-order valence-electron chi connectivity index (χ2n) is 5.46. The third kappa shape index (κ3) is 3.83. The van der Waals surface area contributed by atoms with Crippen LogP contribution in [0.3, 0.4) is 0 Å². The number of carbonyl (C=O) groups excluding carboxylic acids is 3. The lowest BCUT2D eigenvalue weighted by Crippen LogP contribution is -2.48. The minimum absolute atomic E-state index is 0.0102. The van der Waals surface area contributed by atoms with E-state index in [0.29, 0.717) is 13.0 Å². The van der Waals surface area contributed by atoms with Gasteiger partial charge in [-0.15, -0.1) is 0 Å². The molecule has 0 bridgehead atoms. The van der Waals surface area contributed by atoms with Crippen molar-refractivity contribution in [3.8, 4) is 0 Å². The number of methoxy groups -OCH3 is 1. The molecule has 6 heteroatoms. The van der Waals surface area contributed by atoms with Gasteiger partial charge >= 0.3 is 5.97 Å². The van der Waals surface area contributed by atoms with Crippen LogP contribution >= 0.6 is 0 Å². The summed E-state index contributed by atoms with van der Waals surface area (Å²) in [5, 5.41) is 2.54. The lowest BCUT2D eigenvalue weighted by atomic mass is 9.93. The molecule has 1 heterocycles. The van der Waals surface area contributed by atoms with Crippen LogP contribution in [0.15, 0.2) is 12.2 Å². The highest BCUT2D eigenvalue weighted by Crippen LogP contribution is 2.25. The Kier molecular flexibility index (Phi) is 5.36. The highest BCUT2D eigenvalue weighted by molar-refractivity contribution is 5.90. The third-order valence-corrected chi connectivity index (χ3v) is 4.09. The van der Waals surface area contributed by atoms with Crippen molar-refractivity contribution in [2.75, 3.05) is 20.2 Å². The second-order valence-corrected chi connectivity index (χ2v) is 5.46. The number of nitrogens with one attached hydrogen (secondary N) is 1. The number of nitrogens with zero attached hydrogens (tertiary/aromatic N) is 1. The van der Waals surface area contributed by atoms with Crippen LogP contribution in [0.4, 0.5) is 0 Å². The largest absolute Gasteiger partial charge is 0.468 e. The van der Waals surface area contributed by atoms with Gasteiger partial charge in [0.25, 0.3) is 0 Å². The molecule has 2 atom stereocenters. The van der Waals surface area contributed by atoms with E-state index in [4.69, 9.17) is 0 Å². The molecule has 1 fully saturated rings. The molecule has 0 aromatic carbocycles. The van der Waals surface area contributed by atoms with Gasteiger partial charge in [0.1, 0.15) is 12.6 Å². The lowest BCUT2D eigenvalue weighted by molar-refractivity contribution is -0.144. The number of esters is 1. The van der Waals surface area contributed by atoms with Crippen molar-refractivity contribution in [3.63, 3.8) is 0 Å². The SMILES string of the molecule is COC(=O)CNC(=O)[C@H]1CCCN1C(=O)[C@H]1CC=CCC1. The summed E-state index contributed by atoms with van der Waals surface area (Å²) in [6.07, 6.45) is 8.13. The average molecular weight is 294 g/mol. The molecule has 0 saturated carbocycles. The molecule has 0 unspecified atom stereocenters. The first kappa shape index (κ1) is 15.5. The number of ether oxygens (including phenoxy) is 1. The summed E-state index contributed by atoms with van der Waals surface area (Å²) in [4.78, 5) is 37.4. The summed E-state index contributed by atoms with van der Waals surface area (Å²) in [6.45, 7) is 0.468. The van der Waals surface area contributed by atoms with Crippen LogP contribution < -0.4 is 5.32 Å². The van der Waals surface area contributed by atoms with E-state index in [-0.39, 0.29) is 24.3 Å². The molecule has 1 aliphatic heterocycles. The summed E-state index contributed by atoms with van der Waals surface area (Å²) < 4.78 is 4.49. The molecule has 2 aliphatic rings. The van der Waals surface area contributed by atoms with E-state index in [2.05, 4.69) is 16.1 Å². The minimum atomic E-state index is -0.489. The predicted molar refractivity (Wildman–Crippen MR) is 76.2 cm³/mol. The molecule has 0 aromatic heterocycles. The van der Waals surface area contributed by atoms with Gasteiger partial charge in [0, 0.05) is 12.5 Å². The van der Waals surface area contributed by atoms with Gasteiger partial charge in [-0.05, 0) is 32.1 Å². The van der Waals surface area contributed by atoms with Crippen LogP contribution in [-0.2, 0) is 19.1 Å². The van der Waals surface area contributed by atoms with Gasteiger partial charge in [0.2, 0.25) is 11.8 Å². The van der Waals surface area contributed by atoms with Crippen molar-refractivity contribution in [1.82, 2.24) is 10.2 Å². The van der Waals surface area contributed by atoms with E-state index >= 15 is 0 Å². The molecule has 1 aliphatic carbocycles. The molecule has 1 saturated heterocycles. The Hall–Kier alpha value is -1.85. The van der Waals surface area contributed by atoms with Crippen molar-refractivity contribution in [2.45, 2.75) is 38.1 Å². The Bertz CT molecular complexity index is 447. The molecule has 116 valence electrons. The van der Waals surface area contributed by atoms with Crippen LogP contribution in [-0.4, -0.2) is 48.9 Å². The van der Waals surface area contributed by atoms with Crippen molar-refractivity contribution < 1.29 is 19.1 Å². The highest BCUT2D eigenvalue weighted by atomic mass is 16.5. The first-order valence-corrected chi connectivity index (χ1v) is 7.43. The molecule has 0 radical (unpaired) electrons. The quantitative estimate of drug-likeness (QED) is 0.609. The molecular formula is C15H22N2O4. The lowest BCUT2D eigenvalue weighted by Gasteiger charge is -2.28. The Balaban J connectivity index is 1.92. The Morgan fingerprint density at radius 2 is 2.10 bits per heavy atom. The third-order valence-electron chi connectivity index (χ3n) is 4.09. The standard InChI is InChI=1S/C15H22N2O4/c1-21-13(18)10-16-14(19)12-8-5-9-17(12)15(20)11-6-3-2-4-7-11/h2-3,11-12H,4-10H2,1H3,(H,16,19)/t11-,12+/m0/s1. The van der Waals surface area contributed by atoms with Gasteiger partial charge in [0.05, 0.1) is 7.11 Å². The Morgan fingerprint density at radius 3 is 2.76 bits per heavy atom. The van der Waals surface area contributed by atoms with Crippen LogP contribution in [0.1, 0.15) is 32.1 Å². The van der Waals surface area contributed by atoms with E-state index < -0.39 is 12.0 Å². The first-order chi connectivity index (χ1) is 10.1. The fourth-order valence-electron chi connectivity index (χ4n) is 2.90.